The fraction of sp³-hybridized carbons (Fsp3) is 0.562. The van der Waals surface area contributed by atoms with Gasteiger partial charge in [0.2, 0.25) is 15.9 Å². The van der Waals surface area contributed by atoms with E-state index in [0.29, 0.717) is 13.1 Å². The van der Waals surface area contributed by atoms with Gasteiger partial charge in [-0.15, -0.1) is 0 Å². The van der Waals surface area contributed by atoms with Crippen LogP contribution < -0.4 is 4.90 Å². The number of rotatable bonds is 9. The third kappa shape index (κ3) is 5.77. The lowest BCUT2D eigenvalue weighted by Gasteiger charge is -2.25. The second-order valence-electron chi connectivity index (χ2n) is 5.28. The van der Waals surface area contributed by atoms with Crippen molar-refractivity contribution in [2.24, 2.45) is 0 Å². The maximum absolute atomic E-state index is 12.5. The maximum atomic E-state index is 12.5. The summed E-state index contributed by atoms with van der Waals surface area (Å²) in [5.41, 5.74) is 0.789. The zero-order valence-electron chi connectivity index (χ0n) is 13.7. The van der Waals surface area contributed by atoms with Crippen LogP contribution in [0.5, 0.6) is 0 Å². The highest BCUT2D eigenvalue weighted by Crippen LogP contribution is 2.14. The Balaban J connectivity index is 2.80. The van der Waals surface area contributed by atoms with E-state index in [2.05, 4.69) is 6.92 Å². The molecule has 0 spiro atoms. The van der Waals surface area contributed by atoms with Crippen molar-refractivity contribution in [1.82, 2.24) is 4.31 Å². The van der Waals surface area contributed by atoms with E-state index in [1.807, 2.05) is 37.3 Å². The molecule has 1 aromatic carbocycles. The summed E-state index contributed by atoms with van der Waals surface area (Å²) in [5, 5.41) is 0. The highest BCUT2D eigenvalue weighted by atomic mass is 32.2. The Morgan fingerprint density at radius 3 is 2.23 bits per heavy atom. The molecule has 0 N–H and O–H groups in total. The van der Waals surface area contributed by atoms with Crippen LogP contribution in [0.1, 0.15) is 33.1 Å². The molecule has 0 radical (unpaired) electrons. The number of benzene rings is 1. The summed E-state index contributed by atoms with van der Waals surface area (Å²) in [4.78, 5) is 14.1. The zero-order chi connectivity index (χ0) is 16.6. The van der Waals surface area contributed by atoms with Crippen molar-refractivity contribution in [3.05, 3.63) is 30.3 Å². The van der Waals surface area contributed by atoms with Gasteiger partial charge >= 0.3 is 0 Å². The van der Waals surface area contributed by atoms with Crippen molar-refractivity contribution < 1.29 is 13.2 Å². The first-order valence-corrected chi connectivity index (χ1v) is 9.55. The summed E-state index contributed by atoms with van der Waals surface area (Å²) in [6.07, 6.45) is 3.90. The van der Waals surface area contributed by atoms with E-state index < -0.39 is 10.0 Å². The maximum Gasteiger partial charge on any atom is 0.242 e. The van der Waals surface area contributed by atoms with Crippen LogP contribution >= 0.6 is 0 Å². The number of amides is 1. The number of para-hydroxylation sites is 1. The second-order valence-corrected chi connectivity index (χ2v) is 7.26. The third-order valence-electron chi connectivity index (χ3n) is 3.48. The molecule has 5 nitrogen and oxygen atoms in total. The van der Waals surface area contributed by atoms with Crippen molar-refractivity contribution in [3.63, 3.8) is 0 Å². The summed E-state index contributed by atoms with van der Waals surface area (Å²) in [6.45, 7) is 4.74. The predicted octanol–water partition coefficient (Wildman–Crippen LogP) is 2.49. The van der Waals surface area contributed by atoms with Gasteiger partial charge in [-0.3, -0.25) is 4.79 Å². The molecule has 1 aromatic rings. The summed E-state index contributed by atoms with van der Waals surface area (Å²) < 4.78 is 25.0. The third-order valence-corrected chi connectivity index (χ3v) is 4.73. The summed E-state index contributed by atoms with van der Waals surface area (Å²) in [7, 11) is -3.38. The van der Waals surface area contributed by atoms with Crippen LogP contribution in [0, 0.1) is 0 Å². The van der Waals surface area contributed by atoms with Gasteiger partial charge in [0.25, 0.3) is 0 Å². The number of unbranched alkanes of at least 4 members (excludes halogenated alkanes) is 2. The average molecular weight is 326 g/mol. The fourth-order valence-electron chi connectivity index (χ4n) is 2.25. The molecule has 22 heavy (non-hydrogen) atoms. The van der Waals surface area contributed by atoms with E-state index in [1.165, 1.54) is 4.31 Å². The molecule has 0 aliphatic rings. The number of hydrogen-bond acceptors (Lipinski definition) is 3. The van der Waals surface area contributed by atoms with Crippen LogP contribution in [0.3, 0.4) is 0 Å². The number of hydrogen-bond donors (Lipinski definition) is 0. The molecule has 0 heterocycles. The Labute approximate surface area is 134 Å². The molecule has 0 unspecified atom stereocenters. The fourth-order valence-corrected chi connectivity index (χ4v) is 3.05. The van der Waals surface area contributed by atoms with Crippen molar-refractivity contribution in [2.75, 3.05) is 30.8 Å². The summed E-state index contributed by atoms with van der Waals surface area (Å²) >= 11 is 0. The van der Waals surface area contributed by atoms with Gasteiger partial charge in [-0.2, -0.15) is 4.31 Å². The van der Waals surface area contributed by atoms with Crippen molar-refractivity contribution in [3.8, 4) is 0 Å². The Hall–Kier alpha value is -1.40. The summed E-state index contributed by atoms with van der Waals surface area (Å²) in [6, 6.07) is 9.31. The smallest absolute Gasteiger partial charge is 0.242 e. The second kappa shape index (κ2) is 8.90. The van der Waals surface area contributed by atoms with Gasteiger partial charge in [-0.25, -0.2) is 8.42 Å². The first-order valence-electron chi connectivity index (χ1n) is 7.70. The van der Waals surface area contributed by atoms with Crippen LogP contribution in [0.15, 0.2) is 30.3 Å². The van der Waals surface area contributed by atoms with E-state index in [4.69, 9.17) is 0 Å². The lowest BCUT2D eigenvalue weighted by atomic mass is 10.2. The Bertz CT molecular complexity index is 558. The van der Waals surface area contributed by atoms with Crippen LogP contribution in [0.4, 0.5) is 5.69 Å². The number of carbonyl (C=O) groups excluding carboxylic acids is 1. The molecule has 1 amide bonds. The predicted molar refractivity (Wildman–Crippen MR) is 90.4 cm³/mol. The molecule has 0 atom stereocenters. The van der Waals surface area contributed by atoms with Gasteiger partial charge in [0.1, 0.15) is 0 Å². The first-order chi connectivity index (χ1) is 10.4. The van der Waals surface area contributed by atoms with Gasteiger partial charge in [0.15, 0.2) is 0 Å². The van der Waals surface area contributed by atoms with Crippen LogP contribution in [-0.4, -0.2) is 44.5 Å². The minimum absolute atomic E-state index is 0.106. The van der Waals surface area contributed by atoms with Crippen LogP contribution in [0.25, 0.3) is 0 Å². The number of carbonyl (C=O) groups is 1. The molecule has 0 aliphatic carbocycles. The lowest BCUT2D eigenvalue weighted by molar-refractivity contribution is -0.118. The average Bonchev–Trinajstić information content (AvgIpc) is 2.47. The van der Waals surface area contributed by atoms with Crippen molar-refractivity contribution in [1.29, 1.82) is 0 Å². The monoisotopic (exact) mass is 326 g/mol. The van der Waals surface area contributed by atoms with E-state index in [9.17, 15) is 13.2 Å². The number of sulfonamides is 1. The molecule has 0 aromatic heterocycles. The first kappa shape index (κ1) is 18.6. The minimum Gasteiger partial charge on any atom is -0.312 e. The number of nitrogens with zero attached hydrogens (tertiary/aromatic N) is 2. The Morgan fingerprint density at radius 2 is 1.73 bits per heavy atom. The quantitative estimate of drug-likeness (QED) is 0.655. The molecule has 0 bridgehead atoms. The van der Waals surface area contributed by atoms with Crippen LogP contribution in [0.2, 0.25) is 0 Å². The molecular formula is C16H26N2O3S. The molecule has 0 fully saturated rings. The van der Waals surface area contributed by atoms with E-state index >= 15 is 0 Å². The van der Waals surface area contributed by atoms with Crippen molar-refractivity contribution in [2.45, 2.75) is 33.1 Å². The lowest BCUT2D eigenvalue weighted by Crippen LogP contribution is -2.43. The Kier molecular flexibility index (Phi) is 7.55. The topological polar surface area (TPSA) is 57.7 Å². The minimum atomic E-state index is -3.38. The highest BCUT2D eigenvalue weighted by Gasteiger charge is 2.23. The number of likely N-dealkylation sites (N-methyl/N-ethyl adjacent to an activating group) is 1. The molecular weight excluding hydrogens is 300 g/mol. The van der Waals surface area contributed by atoms with E-state index in [-0.39, 0.29) is 12.5 Å². The van der Waals surface area contributed by atoms with E-state index in [0.717, 1.165) is 31.2 Å². The normalized spacial score (nSPS) is 11.6. The van der Waals surface area contributed by atoms with Crippen LogP contribution in [-0.2, 0) is 14.8 Å². The molecule has 124 valence electrons. The standard InChI is InChI=1S/C16H26N2O3S/c1-4-6-10-13-17(22(3,20)21)14-16(19)18(5-2)15-11-8-7-9-12-15/h7-9,11-12H,4-6,10,13-14H2,1-3H3. The molecule has 0 aliphatic heterocycles. The van der Waals surface area contributed by atoms with E-state index in [1.54, 1.807) is 4.90 Å². The van der Waals surface area contributed by atoms with Gasteiger partial charge in [0.05, 0.1) is 12.8 Å². The van der Waals surface area contributed by atoms with Gasteiger partial charge in [0, 0.05) is 18.8 Å². The molecule has 0 saturated heterocycles. The van der Waals surface area contributed by atoms with Gasteiger partial charge in [-0.05, 0) is 25.5 Å². The Morgan fingerprint density at radius 1 is 1.09 bits per heavy atom. The molecule has 6 heteroatoms. The number of anilines is 1. The SMILES string of the molecule is CCCCCN(CC(=O)N(CC)c1ccccc1)S(C)(=O)=O. The van der Waals surface area contributed by atoms with Gasteiger partial charge in [-0.1, -0.05) is 38.0 Å². The molecule has 0 saturated carbocycles. The molecule has 1 rings (SSSR count). The van der Waals surface area contributed by atoms with Crippen molar-refractivity contribution >= 4 is 21.6 Å². The summed E-state index contributed by atoms with van der Waals surface area (Å²) in [5.74, 6) is -0.198. The highest BCUT2D eigenvalue weighted by molar-refractivity contribution is 7.88. The largest absolute Gasteiger partial charge is 0.312 e. The van der Waals surface area contributed by atoms with Gasteiger partial charge < -0.3 is 4.90 Å². The zero-order valence-corrected chi connectivity index (χ0v) is 14.5.